The van der Waals surface area contributed by atoms with E-state index in [1.165, 1.54) is 11.0 Å². The van der Waals surface area contributed by atoms with Gasteiger partial charge < -0.3 is 4.42 Å². The number of imide groups is 1. The van der Waals surface area contributed by atoms with Crippen molar-refractivity contribution in [3.8, 4) is 0 Å². The molecule has 0 N–H and O–H groups in total. The first-order valence-corrected chi connectivity index (χ1v) is 8.23. The minimum absolute atomic E-state index is 0.0965. The molecule has 4 atom stereocenters. The molecule has 5 nitrogen and oxygen atoms in total. The fourth-order valence-electron chi connectivity index (χ4n) is 4.53. The monoisotopic (exact) mass is 321 g/mol. The van der Waals surface area contributed by atoms with E-state index in [1.54, 1.807) is 24.3 Å². The van der Waals surface area contributed by atoms with Crippen molar-refractivity contribution in [2.24, 2.45) is 23.7 Å². The Balaban J connectivity index is 1.60. The van der Waals surface area contributed by atoms with Crippen molar-refractivity contribution in [3.05, 3.63) is 52.9 Å². The Hall–Kier alpha value is -2.69. The summed E-state index contributed by atoms with van der Waals surface area (Å²) in [7, 11) is 0. The second-order valence-electron chi connectivity index (χ2n) is 6.83. The Bertz CT molecular complexity index is 941. The molecule has 3 aliphatic carbocycles. The zero-order valence-electron chi connectivity index (χ0n) is 12.8. The lowest BCUT2D eigenvalue weighted by molar-refractivity contribution is -0.124. The van der Waals surface area contributed by atoms with Crippen LogP contribution < -0.4 is 10.5 Å². The number of amides is 2. The number of nitrogens with zero attached hydrogens (tertiary/aromatic N) is 1. The normalized spacial score (nSPS) is 31.1. The second-order valence-corrected chi connectivity index (χ2v) is 6.83. The van der Waals surface area contributed by atoms with E-state index < -0.39 is 5.63 Å². The lowest BCUT2D eigenvalue weighted by Gasteiger charge is -2.38. The highest BCUT2D eigenvalue weighted by Gasteiger charge is 2.56. The summed E-state index contributed by atoms with van der Waals surface area (Å²) >= 11 is 0. The third kappa shape index (κ3) is 1.72. The predicted molar refractivity (Wildman–Crippen MR) is 87.3 cm³/mol. The van der Waals surface area contributed by atoms with Crippen molar-refractivity contribution in [2.45, 2.75) is 12.8 Å². The molecule has 0 unspecified atom stereocenters. The third-order valence-corrected chi connectivity index (χ3v) is 5.62. The number of hydrogen-bond donors (Lipinski definition) is 0. The molecule has 5 heteroatoms. The van der Waals surface area contributed by atoms with Crippen LogP contribution in [0.5, 0.6) is 0 Å². The average Bonchev–Trinajstić information content (AvgIpc) is 2.89. The molecule has 0 spiro atoms. The van der Waals surface area contributed by atoms with Gasteiger partial charge in [0.25, 0.3) is 0 Å². The van der Waals surface area contributed by atoms with Crippen molar-refractivity contribution in [1.82, 2.24) is 0 Å². The maximum atomic E-state index is 12.9. The number of fused-ring (bicyclic) bond motifs is 2. The molecule has 0 radical (unpaired) electrons. The van der Waals surface area contributed by atoms with Gasteiger partial charge in [-0.05, 0) is 48.9 Å². The van der Waals surface area contributed by atoms with Crippen LogP contribution in [0.4, 0.5) is 5.69 Å². The van der Waals surface area contributed by atoms with Gasteiger partial charge in [0.2, 0.25) is 11.8 Å². The standard InChI is InChI=1S/C19H15NO4/c21-15-8-5-12-9-13(6-7-14(12)24-15)20-18(22)16-10-1-2-11(4-3-10)17(16)19(20)23/h1-2,5-11,16-17H,3-4H2/t10-,11-,16-,17+/m1/s1. The quantitative estimate of drug-likeness (QED) is 0.460. The van der Waals surface area contributed by atoms with Crippen LogP contribution in [0.2, 0.25) is 0 Å². The van der Waals surface area contributed by atoms with Crippen LogP contribution in [0.3, 0.4) is 0 Å². The van der Waals surface area contributed by atoms with Crippen molar-refractivity contribution >= 4 is 28.5 Å². The highest BCUT2D eigenvalue weighted by atomic mass is 16.4. The minimum atomic E-state index is -0.419. The molecule has 120 valence electrons. The molecule has 1 saturated heterocycles. The fraction of sp³-hybridized carbons (Fsp3) is 0.316. The fourth-order valence-corrected chi connectivity index (χ4v) is 4.53. The number of benzene rings is 1. The summed E-state index contributed by atoms with van der Waals surface area (Å²) in [5.74, 6) is -0.266. The van der Waals surface area contributed by atoms with E-state index >= 15 is 0 Å². The molecule has 1 aromatic heterocycles. The van der Waals surface area contributed by atoms with Crippen molar-refractivity contribution < 1.29 is 14.0 Å². The Labute approximate surface area is 137 Å². The Kier molecular flexibility index (Phi) is 2.66. The van der Waals surface area contributed by atoms with E-state index in [9.17, 15) is 14.4 Å². The van der Waals surface area contributed by atoms with Crippen molar-refractivity contribution in [3.63, 3.8) is 0 Å². The number of allylic oxidation sites excluding steroid dienone is 2. The van der Waals surface area contributed by atoms with Crippen LogP contribution in [0, 0.1) is 23.7 Å². The zero-order chi connectivity index (χ0) is 16.4. The van der Waals surface area contributed by atoms with E-state index in [4.69, 9.17) is 4.42 Å². The van der Waals surface area contributed by atoms with Crippen LogP contribution in [0.15, 0.2) is 51.7 Å². The Morgan fingerprint density at radius 3 is 2.17 bits per heavy atom. The van der Waals surface area contributed by atoms with E-state index in [0.29, 0.717) is 16.7 Å². The van der Waals surface area contributed by atoms with Crippen LogP contribution in [0.1, 0.15) is 12.8 Å². The molecular formula is C19H15NO4. The van der Waals surface area contributed by atoms with Gasteiger partial charge in [-0.15, -0.1) is 0 Å². The summed E-state index contributed by atoms with van der Waals surface area (Å²) in [6.45, 7) is 0. The molecule has 1 aliphatic heterocycles. The van der Waals surface area contributed by atoms with Gasteiger partial charge in [0.05, 0.1) is 17.5 Å². The predicted octanol–water partition coefficient (Wildman–Crippen LogP) is 2.49. The molecule has 24 heavy (non-hydrogen) atoms. The van der Waals surface area contributed by atoms with E-state index in [2.05, 4.69) is 12.2 Å². The van der Waals surface area contributed by atoms with Crippen LogP contribution in [0.25, 0.3) is 11.0 Å². The summed E-state index contributed by atoms with van der Waals surface area (Å²) in [6.07, 6.45) is 6.19. The molecule has 2 aromatic rings. The maximum Gasteiger partial charge on any atom is 0.336 e. The summed E-state index contributed by atoms with van der Waals surface area (Å²) < 4.78 is 5.12. The number of anilines is 1. The molecular weight excluding hydrogens is 306 g/mol. The Morgan fingerprint density at radius 1 is 0.875 bits per heavy atom. The van der Waals surface area contributed by atoms with E-state index in [1.807, 2.05) is 0 Å². The molecule has 6 rings (SSSR count). The molecule has 2 amide bonds. The molecule has 2 heterocycles. The van der Waals surface area contributed by atoms with Gasteiger partial charge in [-0.3, -0.25) is 9.59 Å². The zero-order valence-corrected chi connectivity index (χ0v) is 12.8. The van der Waals surface area contributed by atoms with E-state index in [0.717, 1.165) is 12.8 Å². The minimum Gasteiger partial charge on any atom is -0.423 e. The summed E-state index contributed by atoms with van der Waals surface area (Å²) in [4.78, 5) is 38.5. The molecule has 1 saturated carbocycles. The van der Waals surface area contributed by atoms with Crippen molar-refractivity contribution in [2.75, 3.05) is 4.90 Å². The highest BCUT2D eigenvalue weighted by molar-refractivity contribution is 6.23. The number of carbonyl (C=O) groups is 2. The summed E-state index contributed by atoms with van der Waals surface area (Å²) in [5.41, 5.74) is 0.585. The van der Waals surface area contributed by atoms with Gasteiger partial charge in [0, 0.05) is 11.5 Å². The first-order valence-electron chi connectivity index (χ1n) is 8.23. The van der Waals surface area contributed by atoms with Crippen molar-refractivity contribution in [1.29, 1.82) is 0 Å². The molecule has 2 fully saturated rings. The van der Waals surface area contributed by atoms with Gasteiger partial charge in [0.1, 0.15) is 5.58 Å². The number of hydrogen-bond acceptors (Lipinski definition) is 4. The van der Waals surface area contributed by atoms with Crippen LogP contribution >= 0.6 is 0 Å². The molecule has 1 aromatic carbocycles. The second kappa shape index (κ2) is 4.66. The largest absolute Gasteiger partial charge is 0.423 e. The van der Waals surface area contributed by atoms with Crippen LogP contribution in [-0.2, 0) is 9.59 Å². The maximum absolute atomic E-state index is 12.9. The SMILES string of the molecule is O=C1[C@@H]2[C@H](C(=O)N1c1ccc3oc(=O)ccc3c1)[C@@H]1C=C[C@@H]2CC1. The third-order valence-electron chi connectivity index (χ3n) is 5.62. The summed E-state index contributed by atoms with van der Waals surface area (Å²) in [5, 5.41) is 0.698. The molecule has 4 aliphatic rings. The smallest absolute Gasteiger partial charge is 0.336 e. The first-order chi connectivity index (χ1) is 11.6. The average molecular weight is 321 g/mol. The van der Waals surface area contributed by atoms with E-state index in [-0.39, 0.29) is 35.5 Å². The highest BCUT2D eigenvalue weighted by Crippen LogP contribution is 2.50. The van der Waals surface area contributed by atoms with Gasteiger partial charge in [-0.2, -0.15) is 0 Å². The lowest BCUT2D eigenvalue weighted by atomic mass is 9.63. The number of carbonyl (C=O) groups excluding carboxylic acids is 2. The lowest BCUT2D eigenvalue weighted by Crippen LogP contribution is -2.38. The van der Waals surface area contributed by atoms with Crippen LogP contribution in [-0.4, -0.2) is 11.8 Å². The molecule has 2 bridgehead atoms. The first kappa shape index (κ1) is 13.7. The number of rotatable bonds is 1. The van der Waals surface area contributed by atoms with Gasteiger partial charge in [-0.25, -0.2) is 9.69 Å². The Morgan fingerprint density at radius 2 is 1.54 bits per heavy atom. The van der Waals surface area contributed by atoms with Gasteiger partial charge >= 0.3 is 5.63 Å². The van der Waals surface area contributed by atoms with Gasteiger partial charge in [-0.1, -0.05) is 12.2 Å². The van der Waals surface area contributed by atoms with Gasteiger partial charge in [0.15, 0.2) is 0 Å². The summed E-state index contributed by atoms with van der Waals surface area (Å²) in [6, 6.07) is 8.04. The topological polar surface area (TPSA) is 67.6 Å².